The molecule has 6 heteroatoms. The third-order valence-corrected chi connectivity index (χ3v) is 2.23. The number of hydrogen-bond donors (Lipinski definition) is 2. The fourth-order valence-corrected chi connectivity index (χ4v) is 1.33. The molecule has 0 bridgehead atoms. The largest absolute Gasteiger partial charge is 0.480 e. The van der Waals surface area contributed by atoms with Gasteiger partial charge in [-0.3, -0.25) is 4.79 Å². The molecule has 0 fully saturated rings. The maximum Gasteiger partial charge on any atom is 0.344 e. The molecule has 0 atom stereocenters. The lowest BCUT2D eigenvalue weighted by Crippen LogP contribution is -2.25. The SMILES string of the molecule is CCNC(=O)CCOC(=O)COc1ccccc1N. The van der Waals surface area contributed by atoms with Crippen molar-refractivity contribution in [1.29, 1.82) is 0 Å². The standard InChI is InChI=1S/C13H18N2O4/c1-2-15-12(16)7-8-18-13(17)9-19-11-6-4-3-5-10(11)14/h3-6H,2,7-9,14H2,1H3,(H,15,16). The molecule has 0 unspecified atom stereocenters. The average molecular weight is 266 g/mol. The summed E-state index contributed by atoms with van der Waals surface area (Å²) in [7, 11) is 0. The Balaban J connectivity index is 2.22. The number of ether oxygens (including phenoxy) is 2. The van der Waals surface area contributed by atoms with Gasteiger partial charge in [0.05, 0.1) is 12.1 Å². The Kier molecular flexibility index (Phi) is 6.21. The molecule has 1 aromatic carbocycles. The molecule has 0 aliphatic heterocycles. The van der Waals surface area contributed by atoms with Gasteiger partial charge in [0.1, 0.15) is 12.4 Å². The first-order chi connectivity index (χ1) is 9.13. The van der Waals surface area contributed by atoms with E-state index in [2.05, 4.69) is 5.32 Å². The number of nitrogens with two attached hydrogens (primary N) is 1. The molecular weight excluding hydrogens is 248 g/mol. The van der Waals surface area contributed by atoms with Crippen molar-refractivity contribution in [1.82, 2.24) is 5.32 Å². The zero-order valence-corrected chi connectivity index (χ0v) is 10.8. The average Bonchev–Trinajstić information content (AvgIpc) is 2.38. The van der Waals surface area contributed by atoms with Gasteiger partial charge in [0.2, 0.25) is 5.91 Å². The zero-order valence-electron chi connectivity index (χ0n) is 10.8. The van der Waals surface area contributed by atoms with Crippen molar-refractivity contribution < 1.29 is 19.1 Å². The maximum atomic E-state index is 11.3. The number of carbonyl (C=O) groups is 2. The van der Waals surface area contributed by atoms with Gasteiger partial charge in [-0.05, 0) is 19.1 Å². The van der Waals surface area contributed by atoms with Crippen LogP contribution in [0.25, 0.3) is 0 Å². The Hall–Kier alpha value is -2.24. The molecule has 104 valence electrons. The molecule has 0 saturated heterocycles. The van der Waals surface area contributed by atoms with Gasteiger partial charge in [-0.1, -0.05) is 12.1 Å². The maximum absolute atomic E-state index is 11.3. The highest BCUT2D eigenvalue weighted by Crippen LogP contribution is 2.19. The fourth-order valence-electron chi connectivity index (χ4n) is 1.33. The van der Waals surface area contributed by atoms with Crippen LogP contribution in [0.15, 0.2) is 24.3 Å². The number of amides is 1. The lowest BCUT2D eigenvalue weighted by molar-refractivity contribution is -0.146. The summed E-state index contributed by atoms with van der Waals surface area (Å²) in [6.07, 6.45) is 0.146. The van der Waals surface area contributed by atoms with E-state index in [1.54, 1.807) is 24.3 Å². The Morgan fingerprint density at radius 3 is 2.74 bits per heavy atom. The van der Waals surface area contributed by atoms with Crippen molar-refractivity contribution in [2.24, 2.45) is 0 Å². The smallest absolute Gasteiger partial charge is 0.344 e. The van der Waals surface area contributed by atoms with E-state index in [1.807, 2.05) is 6.92 Å². The molecule has 0 saturated carbocycles. The molecule has 0 aromatic heterocycles. The summed E-state index contributed by atoms with van der Waals surface area (Å²) in [6, 6.07) is 6.87. The summed E-state index contributed by atoms with van der Waals surface area (Å²) in [4.78, 5) is 22.4. The highest BCUT2D eigenvalue weighted by Gasteiger charge is 2.07. The number of rotatable bonds is 7. The van der Waals surface area contributed by atoms with Gasteiger partial charge in [0.15, 0.2) is 6.61 Å². The molecule has 3 N–H and O–H groups in total. The molecule has 6 nitrogen and oxygen atoms in total. The van der Waals surface area contributed by atoms with E-state index < -0.39 is 5.97 Å². The van der Waals surface area contributed by atoms with Crippen LogP contribution in [-0.2, 0) is 14.3 Å². The Bertz CT molecular complexity index is 434. The zero-order chi connectivity index (χ0) is 14.1. The van der Waals surface area contributed by atoms with Crippen LogP contribution in [0.1, 0.15) is 13.3 Å². The first kappa shape index (κ1) is 14.8. The van der Waals surface area contributed by atoms with E-state index in [4.69, 9.17) is 15.2 Å². The van der Waals surface area contributed by atoms with Crippen molar-refractivity contribution in [2.75, 3.05) is 25.5 Å². The summed E-state index contributed by atoms with van der Waals surface area (Å²) >= 11 is 0. The first-order valence-electron chi connectivity index (χ1n) is 6.03. The van der Waals surface area contributed by atoms with E-state index in [0.717, 1.165) is 0 Å². The summed E-state index contributed by atoms with van der Waals surface area (Å²) in [5.74, 6) is -0.251. The second-order valence-electron chi connectivity index (χ2n) is 3.75. The van der Waals surface area contributed by atoms with Crippen molar-refractivity contribution in [2.45, 2.75) is 13.3 Å². The van der Waals surface area contributed by atoms with E-state index in [1.165, 1.54) is 0 Å². The molecule has 0 heterocycles. The Morgan fingerprint density at radius 1 is 1.32 bits per heavy atom. The second kappa shape index (κ2) is 7.97. The molecule has 1 aromatic rings. The van der Waals surface area contributed by atoms with Crippen molar-refractivity contribution >= 4 is 17.6 Å². The van der Waals surface area contributed by atoms with Crippen LogP contribution >= 0.6 is 0 Å². The van der Waals surface area contributed by atoms with Crippen molar-refractivity contribution in [3.63, 3.8) is 0 Å². The van der Waals surface area contributed by atoms with Gasteiger partial charge in [-0.25, -0.2) is 4.79 Å². The lowest BCUT2D eigenvalue weighted by atomic mass is 10.3. The lowest BCUT2D eigenvalue weighted by Gasteiger charge is -2.08. The van der Waals surface area contributed by atoms with Gasteiger partial charge < -0.3 is 20.5 Å². The minimum Gasteiger partial charge on any atom is -0.480 e. The minimum atomic E-state index is -0.535. The van der Waals surface area contributed by atoms with E-state index in [9.17, 15) is 9.59 Å². The van der Waals surface area contributed by atoms with Gasteiger partial charge in [-0.2, -0.15) is 0 Å². The van der Waals surface area contributed by atoms with Crippen LogP contribution in [0.5, 0.6) is 5.75 Å². The number of benzene rings is 1. The molecule has 0 radical (unpaired) electrons. The molecule has 0 spiro atoms. The number of nitrogens with one attached hydrogen (secondary N) is 1. The number of esters is 1. The van der Waals surface area contributed by atoms with E-state index >= 15 is 0 Å². The number of anilines is 1. The third-order valence-electron chi connectivity index (χ3n) is 2.23. The Labute approximate surface area is 111 Å². The first-order valence-corrected chi connectivity index (χ1v) is 6.03. The molecular formula is C13H18N2O4. The number of hydrogen-bond acceptors (Lipinski definition) is 5. The summed E-state index contributed by atoms with van der Waals surface area (Å²) < 4.78 is 10.1. The van der Waals surface area contributed by atoms with E-state index in [0.29, 0.717) is 18.0 Å². The van der Waals surface area contributed by atoms with Crippen LogP contribution in [0.2, 0.25) is 0 Å². The van der Waals surface area contributed by atoms with Gasteiger partial charge in [0, 0.05) is 6.54 Å². The van der Waals surface area contributed by atoms with Crippen LogP contribution in [-0.4, -0.2) is 31.6 Å². The second-order valence-corrected chi connectivity index (χ2v) is 3.75. The number of para-hydroxylation sites is 2. The van der Waals surface area contributed by atoms with Crippen LogP contribution < -0.4 is 15.8 Å². The summed E-state index contributed by atoms with van der Waals surface area (Å²) in [5.41, 5.74) is 6.11. The normalized spacial score (nSPS) is 9.74. The quantitative estimate of drug-likeness (QED) is 0.560. The van der Waals surface area contributed by atoms with Crippen molar-refractivity contribution in [3.8, 4) is 5.75 Å². The highest BCUT2D eigenvalue weighted by molar-refractivity contribution is 5.76. The van der Waals surface area contributed by atoms with Gasteiger partial charge in [0.25, 0.3) is 0 Å². The summed E-state index contributed by atoms with van der Waals surface area (Å²) in [6.45, 7) is 2.19. The van der Waals surface area contributed by atoms with Crippen LogP contribution in [0.3, 0.4) is 0 Å². The molecule has 1 amide bonds. The minimum absolute atomic E-state index is 0.0400. The highest BCUT2D eigenvalue weighted by atomic mass is 16.6. The number of nitrogen functional groups attached to an aromatic ring is 1. The summed E-state index contributed by atoms with van der Waals surface area (Å²) in [5, 5.41) is 2.61. The van der Waals surface area contributed by atoms with Gasteiger partial charge in [-0.15, -0.1) is 0 Å². The monoisotopic (exact) mass is 266 g/mol. The van der Waals surface area contributed by atoms with Crippen molar-refractivity contribution in [3.05, 3.63) is 24.3 Å². The molecule has 19 heavy (non-hydrogen) atoms. The van der Waals surface area contributed by atoms with Crippen LogP contribution in [0.4, 0.5) is 5.69 Å². The molecule has 0 aliphatic rings. The Morgan fingerprint density at radius 2 is 2.05 bits per heavy atom. The van der Waals surface area contributed by atoms with Crippen LogP contribution in [0, 0.1) is 0 Å². The predicted molar refractivity (Wildman–Crippen MR) is 70.6 cm³/mol. The van der Waals surface area contributed by atoms with E-state index in [-0.39, 0.29) is 25.5 Å². The topological polar surface area (TPSA) is 90.6 Å². The predicted octanol–water partition coefficient (Wildman–Crippen LogP) is 0.717. The fraction of sp³-hybridized carbons (Fsp3) is 0.385. The third kappa shape index (κ3) is 5.76. The molecule has 1 rings (SSSR count). The molecule has 0 aliphatic carbocycles. The van der Waals surface area contributed by atoms with Gasteiger partial charge >= 0.3 is 5.97 Å². The number of carbonyl (C=O) groups excluding carboxylic acids is 2.